The molecule has 0 amide bonds. The van der Waals surface area contributed by atoms with Crippen molar-refractivity contribution in [3.05, 3.63) is 102 Å². The first kappa shape index (κ1) is 18.8. The van der Waals surface area contributed by atoms with Crippen molar-refractivity contribution in [1.82, 2.24) is 9.97 Å². The highest BCUT2D eigenvalue weighted by atomic mass is 16.6. The molecule has 0 atom stereocenters. The Morgan fingerprint density at radius 1 is 0.759 bits per heavy atom. The van der Waals surface area contributed by atoms with Crippen LogP contribution in [0.3, 0.4) is 0 Å². The van der Waals surface area contributed by atoms with Crippen LogP contribution in [0.4, 0.5) is 0 Å². The lowest BCUT2D eigenvalue weighted by atomic mass is 9.86. The largest absolute Gasteiger partial charge is 0.335 e. The summed E-state index contributed by atoms with van der Waals surface area (Å²) >= 11 is 0. The van der Waals surface area contributed by atoms with Gasteiger partial charge in [0.1, 0.15) is 12.0 Å². The summed E-state index contributed by atoms with van der Waals surface area (Å²) in [4.78, 5) is 14.4. The Bertz CT molecular complexity index is 1140. The van der Waals surface area contributed by atoms with Crippen LogP contribution in [0.25, 0.3) is 10.9 Å². The monoisotopic (exact) mass is 381 g/mol. The maximum Gasteiger partial charge on any atom is 0.259 e. The fraction of sp³-hybridized carbons (Fsp3) is 0.160. The smallest absolute Gasteiger partial charge is 0.259 e. The van der Waals surface area contributed by atoms with Gasteiger partial charge in [-0.3, -0.25) is 0 Å². The van der Waals surface area contributed by atoms with E-state index < -0.39 is 0 Å². The molecule has 4 aromatic rings. The molecule has 0 aliphatic heterocycles. The highest BCUT2D eigenvalue weighted by molar-refractivity contribution is 6.12. The van der Waals surface area contributed by atoms with Crippen LogP contribution >= 0.6 is 0 Å². The normalized spacial score (nSPS) is 12.2. The zero-order valence-electron chi connectivity index (χ0n) is 16.8. The molecule has 1 aromatic heterocycles. The van der Waals surface area contributed by atoms with Crippen LogP contribution in [-0.4, -0.2) is 15.7 Å². The molecule has 29 heavy (non-hydrogen) atoms. The van der Waals surface area contributed by atoms with Crippen LogP contribution in [0, 0.1) is 0 Å². The molecule has 0 unspecified atom stereocenters. The zero-order chi connectivity index (χ0) is 20.3. The summed E-state index contributed by atoms with van der Waals surface area (Å²) in [6.07, 6.45) is 1.49. The SMILES string of the molecule is CC(C)(C)c1ccc(/C(=N\Oc2ncnc3ccccc23)c2ccccc2)cc1. The third kappa shape index (κ3) is 4.16. The van der Waals surface area contributed by atoms with Crippen molar-refractivity contribution in [2.45, 2.75) is 26.2 Å². The van der Waals surface area contributed by atoms with E-state index in [2.05, 4.69) is 60.2 Å². The summed E-state index contributed by atoms with van der Waals surface area (Å²) < 4.78 is 0. The lowest BCUT2D eigenvalue weighted by molar-refractivity contribution is 0.332. The van der Waals surface area contributed by atoms with Gasteiger partial charge in [-0.15, -0.1) is 0 Å². The number of oxime groups is 1. The van der Waals surface area contributed by atoms with E-state index in [1.807, 2.05) is 54.6 Å². The number of aromatic nitrogens is 2. The molecule has 0 bridgehead atoms. The second kappa shape index (κ2) is 7.84. The molecule has 0 aliphatic rings. The van der Waals surface area contributed by atoms with Crippen molar-refractivity contribution in [3.8, 4) is 5.88 Å². The van der Waals surface area contributed by atoms with E-state index in [1.54, 1.807) is 0 Å². The van der Waals surface area contributed by atoms with Gasteiger partial charge < -0.3 is 4.84 Å². The summed E-state index contributed by atoms with van der Waals surface area (Å²) in [6, 6.07) is 26.2. The Morgan fingerprint density at radius 3 is 2.14 bits per heavy atom. The van der Waals surface area contributed by atoms with Gasteiger partial charge in [0.25, 0.3) is 5.88 Å². The van der Waals surface area contributed by atoms with Gasteiger partial charge >= 0.3 is 0 Å². The molecule has 3 aromatic carbocycles. The van der Waals surface area contributed by atoms with Gasteiger partial charge in [0.05, 0.1) is 10.9 Å². The summed E-state index contributed by atoms with van der Waals surface area (Å²) in [6.45, 7) is 6.62. The summed E-state index contributed by atoms with van der Waals surface area (Å²) in [7, 11) is 0. The minimum Gasteiger partial charge on any atom is -0.335 e. The molecule has 4 heteroatoms. The summed E-state index contributed by atoms with van der Waals surface area (Å²) in [5.74, 6) is 0.440. The number of rotatable bonds is 4. The van der Waals surface area contributed by atoms with Gasteiger partial charge in [0.2, 0.25) is 0 Å². The van der Waals surface area contributed by atoms with Crippen molar-refractivity contribution in [1.29, 1.82) is 0 Å². The molecule has 0 radical (unpaired) electrons. The molecule has 144 valence electrons. The molecule has 0 N–H and O–H groups in total. The molecule has 4 rings (SSSR count). The van der Waals surface area contributed by atoms with Crippen LogP contribution < -0.4 is 4.84 Å². The fourth-order valence-corrected chi connectivity index (χ4v) is 3.14. The third-order valence-corrected chi connectivity index (χ3v) is 4.80. The number of nitrogens with zero attached hydrogens (tertiary/aromatic N) is 3. The standard InChI is InChI=1S/C25H23N3O/c1-25(2,3)20-15-13-19(14-16-20)23(18-9-5-4-6-10-18)28-29-24-21-11-7-8-12-22(21)26-17-27-24/h4-17H,1-3H3/b28-23-. The van der Waals surface area contributed by atoms with Crippen LogP contribution in [0.1, 0.15) is 37.5 Å². The molecule has 0 aliphatic carbocycles. The third-order valence-electron chi connectivity index (χ3n) is 4.80. The van der Waals surface area contributed by atoms with Gasteiger partial charge in [-0.2, -0.15) is 4.98 Å². The second-order valence-corrected chi connectivity index (χ2v) is 7.92. The first-order chi connectivity index (χ1) is 14.0. The fourth-order valence-electron chi connectivity index (χ4n) is 3.14. The van der Waals surface area contributed by atoms with Gasteiger partial charge in [-0.1, -0.05) is 92.7 Å². The first-order valence-electron chi connectivity index (χ1n) is 9.63. The van der Waals surface area contributed by atoms with Crippen molar-refractivity contribution in [2.24, 2.45) is 5.16 Å². The van der Waals surface area contributed by atoms with E-state index in [0.717, 1.165) is 27.7 Å². The predicted molar refractivity (Wildman–Crippen MR) is 117 cm³/mol. The number of hydrogen-bond donors (Lipinski definition) is 0. The Balaban J connectivity index is 1.75. The number of fused-ring (bicyclic) bond motifs is 1. The van der Waals surface area contributed by atoms with E-state index in [0.29, 0.717) is 5.88 Å². The van der Waals surface area contributed by atoms with Crippen molar-refractivity contribution < 1.29 is 4.84 Å². The number of hydrogen-bond acceptors (Lipinski definition) is 4. The average Bonchev–Trinajstić information content (AvgIpc) is 2.74. The molecule has 0 saturated carbocycles. The summed E-state index contributed by atoms with van der Waals surface area (Å²) in [5, 5.41) is 5.33. The topological polar surface area (TPSA) is 47.4 Å². The molecule has 0 saturated heterocycles. The molecule has 4 nitrogen and oxygen atoms in total. The Hall–Kier alpha value is -3.53. The van der Waals surface area contributed by atoms with Crippen LogP contribution in [0.5, 0.6) is 5.88 Å². The minimum atomic E-state index is 0.0962. The van der Waals surface area contributed by atoms with E-state index in [9.17, 15) is 0 Å². The molecular formula is C25H23N3O. The van der Waals surface area contributed by atoms with Gasteiger partial charge in [0.15, 0.2) is 0 Å². The van der Waals surface area contributed by atoms with Crippen LogP contribution in [0.2, 0.25) is 0 Å². The predicted octanol–water partition coefficient (Wildman–Crippen LogP) is 5.76. The van der Waals surface area contributed by atoms with E-state index in [1.165, 1.54) is 11.9 Å². The van der Waals surface area contributed by atoms with Crippen molar-refractivity contribution in [3.63, 3.8) is 0 Å². The Morgan fingerprint density at radius 2 is 1.41 bits per heavy atom. The second-order valence-electron chi connectivity index (χ2n) is 7.92. The molecule has 0 spiro atoms. The van der Waals surface area contributed by atoms with Crippen LogP contribution in [0.15, 0.2) is 90.3 Å². The maximum atomic E-state index is 5.82. The molecule has 0 fully saturated rings. The van der Waals surface area contributed by atoms with Crippen molar-refractivity contribution >= 4 is 16.6 Å². The molecule has 1 heterocycles. The lowest BCUT2D eigenvalue weighted by Crippen LogP contribution is -2.12. The lowest BCUT2D eigenvalue weighted by Gasteiger charge is -2.19. The van der Waals surface area contributed by atoms with E-state index >= 15 is 0 Å². The Kier molecular flexibility index (Phi) is 5.09. The highest BCUT2D eigenvalue weighted by Gasteiger charge is 2.15. The quantitative estimate of drug-likeness (QED) is 0.334. The van der Waals surface area contributed by atoms with Gasteiger partial charge in [-0.05, 0) is 23.1 Å². The summed E-state index contributed by atoms with van der Waals surface area (Å²) in [5.41, 5.74) is 4.92. The van der Waals surface area contributed by atoms with E-state index in [4.69, 9.17) is 4.84 Å². The maximum absolute atomic E-state index is 5.82. The van der Waals surface area contributed by atoms with Crippen molar-refractivity contribution in [2.75, 3.05) is 0 Å². The highest BCUT2D eigenvalue weighted by Crippen LogP contribution is 2.24. The van der Waals surface area contributed by atoms with Gasteiger partial charge in [-0.25, -0.2) is 4.98 Å². The Labute approximate surface area is 170 Å². The zero-order valence-corrected chi connectivity index (χ0v) is 16.8. The van der Waals surface area contributed by atoms with E-state index in [-0.39, 0.29) is 5.41 Å². The minimum absolute atomic E-state index is 0.0962. The average molecular weight is 381 g/mol. The first-order valence-corrected chi connectivity index (χ1v) is 9.63. The number of para-hydroxylation sites is 1. The van der Waals surface area contributed by atoms with Gasteiger partial charge in [0, 0.05) is 11.1 Å². The number of benzene rings is 3. The molecular weight excluding hydrogens is 358 g/mol. The van der Waals surface area contributed by atoms with Crippen LogP contribution in [-0.2, 0) is 5.41 Å².